The number of amides is 1. The monoisotopic (exact) mass is 279 g/mol. The third-order valence-corrected chi connectivity index (χ3v) is 4.44. The van der Waals surface area contributed by atoms with Crippen molar-refractivity contribution in [3.05, 3.63) is 29.3 Å². The van der Waals surface area contributed by atoms with Crippen LogP contribution in [0.3, 0.4) is 0 Å². The van der Waals surface area contributed by atoms with Crippen molar-refractivity contribution in [2.45, 2.75) is 45.4 Å². The van der Waals surface area contributed by atoms with Crippen molar-refractivity contribution < 1.29 is 4.79 Å². The summed E-state index contributed by atoms with van der Waals surface area (Å²) in [7, 11) is 0. The van der Waals surface area contributed by atoms with Gasteiger partial charge >= 0.3 is 0 Å². The number of rotatable bonds is 4. The zero-order valence-electron chi connectivity index (χ0n) is 11.5. The smallest absolute Gasteiger partial charge is 0.224 e. The predicted octanol–water partition coefficient (Wildman–Crippen LogP) is 4.89. The molecule has 0 radical (unpaired) electrons. The Balaban J connectivity index is 1.85. The van der Waals surface area contributed by atoms with Crippen LogP contribution in [0.2, 0.25) is 5.02 Å². The van der Waals surface area contributed by atoms with Gasteiger partial charge in [-0.1, -0.05) is 62.8 Å². The Kier molecular flexibility index (Phi) is 5.26. The minimum absolute atomic E-state index is 0.0752. The number of para-hydroxylation sites is 1. The lowest BCUT2D eigenvalue weighted by Crippen LogP contribution is -2.22. The molecular weight excluding hydrogens is 258 g/mol. The quantitative estimate of drug-likeness (QED) is 0.836. The lowest BCUT2D eigenvalue weighted by molar-refractivity contribution is -0.117. The second kappa shape index (κ2) is 6.95. The number of nitrogens with one attached hydrogen (secondary N) is 1. The predicted molar refractivity (Wildman–Crippen MR) is 80.4 cm³/mol. The fourth-order valence-corrected chi connectivity index (χ4v) is 3.11. The molecule has 1 amide bonds. The molecule has 1 saturated carbocycles. The van der Waals surface area contributed by atoms with E-state index < -0.39 is 0 Å². The van der Waals surface area contributed by atoms with E-state index in [0.717, 1.165) is 0 Å². The van der Waals surface area contributed by atoms with Crippen molar-refractivity contribution in [1.82, 2.24) is 0 Å². The normalized spacial score (nSPS) is 18.0. The highest BCUT2D eigenvalue weighted by molar-refractivity contribution is 6.33. The summed E-state index contributed by atoms with van der Waals surface area (Å²) in [5.41, 5.74) is 0.713. The minimum atomic E-state index is 0.0752. The molecule has 2 rings (SSSR count). The average Bonchev–Trinajstić information content (AvgIpc) is 2.42. The lowest BCUT2D eigenvalue weighted by atomic mass is 9.79. The fourth-order valence-electron chi connectivity index (χ4n) is 2.93. The molecular formula is C16H22ClNO. The number of carbonyl (C=O) groups is 1. The number of benzene rings is 1. The first-order chi connectivity index (χ1) is 9.16. The summed E-state index contributed by atoms with van der Waals surface area (Å²) in [5.74, 6) is 1.25. The van der Waals surface area contributed by atoms with Gasteiger partial charge in [0.2, 0.25) is 5.91 Å². The largest absolute Gasteiger partial charge is 0.325 e. The maximum absolute atomic E-state index is 12.0. The highest BCUT2D eigenvalue weighted by Crippen LogP contribution is 2.31. The van der Waals surface area contributed by atoms with E-state index in [9.17, 15) is 4.79 Å². The highest BCUT2D eigenvalue weighted by atomic mass is 35.5. The van der Waals surface area contributed by atoms with Crippen molar-refractivity contribution in [2.75, 3.05) is 5.32 Å². The number of halogens is 1. The van der Waals surface area contributed by atoms with Gasteiger partial charge in [0.05, 0.1) is 10.7 Å². The molecule has 1 N–H and O–H groups in total. The van der Waals surface area contributed by atoms with Crippen molar-refractivity contribution in [3.8, 4) is 0 Å². The minimum Gasteiger partial charge on any atom is -0.325 e. The van der Waals surface area contributed by atoms with Crippen LogP contribution in [-0.2, 0) is 4.79 Å². The molecule has 1 atom stereocenters. The van der Waals surface area contributed by atoms with Gasteiger partial charge in [0.15, 0.2) is 0 Å². The maximum atomic E-state index is 12.0. The van der Waals surface area contributed by atoms with Gasteiger partial charge in [-0.3, -0.25) is 4.79 Å². The van der Waals surface area contributed by atoms with Crippen molar-refractivity contribution in [2.24, 2.45) is 11.8 Å². The van der Waals surface area contributed by atoms with E-state index in [1.54, 1.807) is 6.07 Å². The van der Waals surface area contributed by atoms with Crippen LogP contribution in [-0.4, -0.2) is 5.91 Å². The Morgan fingerprint density at radius 3 is 2.68 bits per heavy atom. The van der Waals surface area contributed by atoms with Crippen molar-refractivity contribution in [1.29, 1.82) is 0 Å². The topological polar surface area (TPSA) is 29.1 Å². The van der Waals surface area contributed by atoms with Gasteiger partial charge in [-0.15, -0.1) is 0 Å². The second-order valence-corrected chi connectivity index (χ2v) is 6.01. The zero-order chi connectivity index (χ0) is 13.7. The summed E-state index contributed by atoms with van der Waals surface area (Å²) < 4.78 is 0. The van der Waals surface area contributed by atoms with Crippen LogP contribution >= 0.6 is 11.6 Å². The molecule has 0 aromatic heterocycles. The molecule has 3 heteroatoms. The molecule has 0 saturated heterocycles. The molecule has 1 fully saturated rings. The van der Waals surface area contributed by atoms with E-state index >= 15 is 0 Å². The Bertz CT molecular complexity index is 427. The first-order valence-corrected chi connectivity index (χ1v) is 7.59. The van der Waals surface area contributed by atoms with E-state index in [4.69, 9.17) is 11.6 Å². The van der Waals surface area contributed by atoms with E-state index in [1.807, 2.05) is 18.2 Å². The van der Waals surface area contributed by atoms with Crippen molar-refractivity contribution >= 4 is 23.2 Å². The summed E-state index contributed by atoms with van der Waals surface area (Å²) >= 11 is 6.04. The lowest BCUT2D eigenvalue weighted by Gasteiger charge is -2.27. The van der Waals surface area contributed by atoms with E-state index in [-0.39, 0.29) is 5.91 Å². The van der Waals surface area contributed by atoms with Gasteiger partial charge in [-0.2, -0.15) is 0 Å². The number of carbonyl (C=O) groups excluding carboxylic acids is 1. The molecule has 1 aliphatic rings. The molecule has 0 aliphatic heterocycles. The standard InChI is InChI=1S/C16H22ClNO/c1-12(13-7-3-2-4-8-13)11-16(19)18-15-10-6-5-9-14(15)17/h5-6,9-10,12-13H,2-4,7-8,11H2,1H3,(H,18,19). The van der Waals surface area contributed by atoms with Crippen molar-refractivity contribution in [3.63, 3.8) is 0 Å². The molecule has 1 aromatic carbocycles. The average molecular weight is 280 g/mol. The molecule has 104 valence electrons. The Hall–Kier alpha value is -1.02. The Labute approximate surface area is 120 Å². The van der Waals surface area contributed by atoms with Crippen LogP contribution in [0.25, 0.3) is 0 Å². The third-order valence-electron chi connectivity index (χ3n) is 4.11. The van der Waals surface area contributed by atoms with E-state index in [2.05, 4.69) is 12.2 Å². The van der Waals surface area contributed by atoms with E-state index in [1.165, 1.54) is 32.1 Å². The second-order valence-electron chi connectivity index (χ2n) is 5.61. The van der Waals surface area contributed by atoms with Gasteiger partial charge in [0, 0.05) is 6.42 Å². The van der Waals surface area contributed by atoms with Crippen LogP contribution < -0.4 is 5.32 Å². The SMILES string of the molecule is CC(CC(=O)Nc1ccccc1Cl)C1CCCCC1. The van der Waals surface area contributed by atoms with Gasteiger partial charge in [-0.05, 0) is 24.0 Å². The summed E-state index contributed by atoms with van der Waals surface area (Å²) in [4.78, 5) is 12.0. The third kappa shape index (κ3) is 4.24. The molecule has 1 aromatic rings. The molecule has 2 nitrogen and oxygen atoms in total. The Morgan fingerprint density at radius 2 is 2.00 bits per heavy atom. The van der Waals surface area contributed by atoms with Gasteiger partial charge < -0.3 is 5.32 Å². The van der Waals surface area contributed by atoms with Gasteiger partial charge in [0.1, 0.15) is 0 Å². The summed E-state index contributed by atoms with van der Waals surface area (Å²) in [6.45, 7) is 2.20. The highest BCUT2D eigenvalue weighted by Gasteiger charge is 2.22. The molecule has 0 heterocycles. The summed E-state index contributed by atoms with van der Waals surface area (Å²) in [5, 5.41) is 3.51. The zero-order valence-corrected chi connectivity index (χ0v) is 12.2. The van der Waals surface area contributed by atoms with Crippen LogP contribution in [0, 0.1) is 11.8 Å². The van der Waals surface area contributed by atoms with Gasteiger partial charge in [-0.25, -0.2) is 0 Å². The molecule has 0 bridgehead atoms. The number of hydrogen-bond donors (Lipinski definition) is 1. The first kappa shape index (κ1) is 14.4. The van der Waals surface area contributed by atoms with Crippen LogP contribution in [0.15, 0.2) is 24.3 Å². The maximum Gasteiger partial charge on any atom is 0.224 e. The van der Waals surface area contributed by atoms with Crippen LogP contribution in [0.4, 0.5) is 5.69 Å². The Morgan fingerprint density at radius 1 is 1.32 bits per heavy atom. The summed E-state index contributed by atoms with van der Waals surface area (Å²) in [6.07, 6.45) is 7.15. The van der Waals surface area contributed by atoms with E-state index in [0.29, 0.717) is 29.0 Å². The number of anilines is 1. The van der Waals surface area contributed by atoms with Gasteiger partial charge in [0.25, 0.3) is 0 Å². The summed E-state index contributed by atoms with van der Waals surface area (Å²) in [6, 6.07) is 7.38. The molecule has 0 spiro atoms. The molecule has 1 unspecified atom stereocenters. The molecule has 1 aliphatic carbocycles. The first-order valence-electron chi connectivity index (χ1n) is 7.21. The van der Waals surface area contributed by atoms with Crippen LogP contribution in [0.5, 0.6) is 0 Å². The number of hydrogen-bond acceptors (Lipinski definition) is 1. The van der Waals surface area contributed by atoms with Crippen LogP contribution in [0.1, 0.15) is 45.4 Å². The molecule has 19 heavy (non-hydrogen) atoms. The fraction of sp³-hybridized carbons (Fsp3) is 0.562.